The highest BCUT2D eigenvalue weighted by Gasteiger charge is 2.24. The van der Waals surface area contributed by atoms with Gasteiger partial charge < -0.3 is 18.8 Å². The van der Waals surface area contributed by atoms with Crippen LogP contribution in [0.3, 0.4) is 0 Å². The molecule has 0 aromatic carbocycles. The van der Waals surface area contributed by atoms with Crippen molar-refractivity contribution in [2.45, 2.75) is 32.2 Å². The van der Waals surface area contributed by atoms with E-state index in [9.17, 15) is 0 Å². The second-order valence-corrected chi connectivity index (χ2v) is 7.43. The summed E-state index contributed by atoms with van der Waals surface area (Å²) in [5.41, 5.74) is 0. The molecule has 1 aromatic heterocycles. The molecule has 8 heteroatoms. The van der Waals surface area contributed by atoms with Crippen molar-refractivity contribution in [1.29, 1.82) is 0 Å². The van der Waals surface area contributed by atoms with Gasteiger partial charge in [-0.3, -0.25) is 5.01 Å². The lowest BCUT2D eigenvalue weighted by molar-refractivity contribution is 0.201. The Bertz CT molecular complexity index is 685. The highest BCUT2D eigenvalue weighted by Crippen LogP contribution is 2.22. The molecule has 1 heterocycles. The van der Waals surface area contributed by atoms with Crippen molar-refractivity contribution in [3.8, 4) is 0 Å². The smallest absolute Gasteiger partial charge is 0.229 e. The van der Waals surface area contributed by atoms with Gasteiger partial charge in [0.15, 0.2) is 0 Å². The van der Waals surface area contributed by atoms with Gasteiger partial charge in [0.1, 0.15) is 11.5 Å². The highest BCUT2D eigenvalue weighted by molar-refractivity contribution is 7.99. The van der Waals surface area contributed by atoms with Gasteiger partial charge in [0.25, 0.3) is 0 Å². The van der Waals surface area contributed by atoms with Gasteiger partial charge in [-0.15, -0.1) is 11.8 Å². The van der Waals surface area contributed by atoms with Crippen LogP contribution in [0.2, 0.25) is 0 Å². The molecule has 0 N–H and O–H groups in total. The number of nitrogens with zero attached hydrogens (tertiary/aromatic N) is 4. The average molecular weight is 409 g/mol. The van der Waals surface area contributed by atoms with Gasteiger partial charge in [0, 0.05) is 20.3 Å². The molecule has 0 fully saturated rings. The summed E-state index contributed by atoms with van der Waals surface area (Å²) in [5.74, 6) is 3.10. The number of furan rings is 1. The van der Waals surface area contributed by atoms with E-state index in [4.69, 9.17) is 13.9 Å². The monoisotopic (exact) mass is 408 g/mol. The molecule has 1 rings (SSSR count). The summed E-state index contributed by atoms with van der Waals surface area (Å²) >= 11 is 1.83. The average Bonchev–Trinajstić information content (AvgIpc) is 3.11. The zero-order valence-corrected chi connectivity index (χ0v) is 18.6. The molecule has 156 valence electrons. The van der Waals surface area contributed by atoms with E-state index < -0.39 is 0 Å². The van der Waals surface area contributed by atoms with Gasteiger partial charge in [0.05, 0.1) is 44.3 Å². The molecule has 0 aliphatic carbocycles. The molecule has 0 spiro atoms. The number of ether oxygens (including phenoxy) is 2. The summed E-state index contributed by atoms with van der Waals surface area (Å²) in [4.78, 5) is 6.38. The number of allylic oxidation sites excluding steroid dienone is 1. The Kier molecular flexibility index (Phi) is 10.9. The number of aliphatic imine (C=N–C) groups is 1. The Morgan fingerprint density at radius 3 is 2.64 bits per heavy atom. The third-order valence-electron chi connectivity index (χ3n) is 3.89. The van der Waals surface area contributed by atoms with E-state index in [1.54, 1.807) is 39.0 Å². The molecule has 28 heavy (non-hydrogen) atoms. The zero-order valence-electron chi connectivity index (χ0n) is 17.8. The van der Waals surface area contributed by atoms with Gasteiger partial charge in [-0.2, -0.15) is 5.10 Å². The van der Waals surface area contributed by atoms with Crippen molar-refractivity contribution >= 4 is 24.2 Å². The minimum Gasteiger partial charge on any atom is -0.504 e. The second-order valence-electron chi connectivity index (χ2n) is 6.03. The van der Waals surface area contributed by atoms with Crippen LogP contribution in [0.25, 0.3) is 0 Å². The highest BCUT2D eigenvalue weighted by atomic mass is 32.2. The fourth-order valence-electron chi connectivity index (χ4n) is 2.34. The van der Waals surface area contributed by atoms with Gasteiger partial charge >= 0.3 is 0 Å². The van der Waals surface area contributed by atoms with E-state index in [0.29, 0.717) is 5.88 Å². The van der Waals surface area contributed by atoms with Crippen LogP contribution >= 0.6 is 11.8 Å². The molecular weight excluding hydrogens is 376 g/mol. The molecule has 2 unspecified atom stereocenters. The third-order valence-corrected chi connectivity index (χ3v) is 5.30. The first kappa shape index (κ1) is 23.7. The quantitative estimate of drug-likeness (QED) is 0.226. The lowest BCUT2D eigenvalue weighted by Crippen LogP contribution is -2.42. The van der Waals surface area contributed by atoms with E-state index in [-0.39, 0.29) is 11.4 Å². The summed E-state index contributed by atoms with van der Waals surface area (Å²) in [5, 5.41) is 6.62. The first-order valence-corrected chi connectivity index (χ1v) is 10.1. The largest absolute Gasteiger partial charge is 0.504 e. The minimum atomic E-state index is 0.133. The van der Waals surface area contributed by atoms with Gasteiger partial charge in [-0.05, 0) is 37.8 Å². The Hall–Kier alpha value is -2.35. The SMILES string of the molecule is CCSC(C(C)N(C)/N=C/c1ccc(C)o1)N(C)/C=C(/N=C/C=C/OC)OC. The van der Waals surface area contributed by atoms with E-state index in [1.165, 1.54) is 0 Å². The van der Waals surface area contributed by atoms with Crippen molar-refractivity contribution < 1.29 is 13.9 Å². The molecule has 1 aromatic rings. The standard InChI is InChI=1S/C20H32N4O3S/c1-8-28-20(23(4)15-19(26-7)21-12-9-13-25-6)17(3)24(5)22-14-18-11-10-16(2)27-18/h9-15,17,20H,8H2,1-7H3/b13-9+,19-15-,21-12+,22-14+. The minimum absolute atomic E-state index is 0.133. The van der Waals surface area contributed by atoms with Crippen molar-refractivity contribution in [1.82, 2.24) is 9.91 Å². The predicted octanol–water partition coefficient (Wildman–Crippen LogP) is 3.93. The number of methoxy groups -OCH3 is 2. The Morgan fingerprint density at radius 2 is 2.07 bits per heavy atom. The zero-order chi connectivity index (χ0) is 20.9. The lowest BCUT2D eigenvalue weighted by atomic mass is 10.3. The molecule has 0 saturated carbocycles. The number of hydrogen-bond acceptors (Lipinski definition) is 8. The van der Waals surface area contributed by atoms with Gasteiger partial charge in [-0.25, -0.2) is 4.99 Å². The molecule has 0 saturated heterocycles. The maximum Gasteiger partial charge on any atom is 0.229 e. The predicted molar refractivity (Wildman–Crippen MR) is 118 cm³/mol. The molecule has 7 nitrogen and oxygen atoms in total. The lowest BCUT2D eigenvalue weighted by Gasteiger charge is -2.35. The summed E-state index contributed by atoms with van der Waals surface area (Å²) in [7, 11) is 7.16. The summed E-state index contributed by atoms with van der Waals surface area (Å²) < 4.78 is 15.8. The topological polar surface area (TPSA) is 62.8 Å². The fourth-order valence-corrected chi connectivity index (χ4v) is 3.44. The van der Waals surface area contributed by atoms with E-state index in [1.807, 2.05) is 56.1 Å². The van der Waals surface area contributed by atoms with Crippen LogP contribution < -0.4 is 0 Å². The molecule has 0 amide bonds. The Balaban J connectivity index is 2.87. The maximum absolute atomic E-state index is 5.54. The molecule has 2 atom stereocenters. The van der Waals surface area contributed by atoms with Gasteiger partial charge in [0.2, 0.25) is 5.88 Å². The molecule has 0 aliphatic heterocycles. The second kappa shape index (κ2) is 12.9. The van der Waals surface area contributed by atoms with Crippen LogP contribution in [0.1, 0.15) is 25.4 Å². The Labute approximate surface area is 172 Å². The summed E-state index contributed by atoms with van der Waals surface area (Å²) in [6.07, 6.45) is 8.49. The number of likely N-dealkylation sites (N-methyl/N-ethyl adjacent to an activating group) is 2. The summed E-state index contributed by atoms with van der Waals surface area (Å²) in [6.45, 7) is 6.20. The van der Waals surface area contributed by atoms with E-state index in [2.05, 4.69) is 28.8 Å². The Morgan fingerprint density at radius 1 is 1.32 bits per heavy atom. The van der Waals surface area contributed by atoms with Crippen molar-refractivity contribution in [3.63, 3.8) is 0 Å². The van der Waals surface area contributed by atoms with Crippen LogP contribution in [-0.4, -0.2) is 67.8 Å². The van der Waals surface area contributed by atoms with E-state index >= 15 is 0 Å². The first-order chi connectivity index (χ1) is 13.4. The molecule has 0 bridgehead atoms. The van der Waals surface area contributed by atoms with Crippen LogP contribution in [-0.2, 0) is 9.47 Å². The van der Waals surface area contributed by atoms with Crippen LogP contribution in [0.15, 0.2) is 51.1 Å². The van der Waals surface area contributed by atoms with Crippen molar-refractivity contribution in [2.24, 2.45) is 10.1 Å². The number of aryl methyl sites for hydroxylation is 1. The molecular formula is C20H32N4O3S. The molecule has 0 aliphatic rings. The van der Waals surface area contributed by atoms with Crippen molar-refractivity contribution in [3.05, 3.63) is 48.1 Å². The van der Waals surface area contributed by atoms with Gasteiger partial charge in [-0.1, -0.05) is 6.92 Å². The maximum atomic E-state index is 5.54. The fraction of sp³-hybridized carbons (Fsp3) is 0.500. The van der Waals surface area contributed by atoms with Crippen LogP contribution in [0.5, 0.6) is 0 Å². The number of rotatable bonds is 12. The van der Waals surface area contributed by atoms with Crippen molar-refractivity contribution in [2.75, 3.05) is 34.1 Å². The number of thioether (sulfide) groups is 1. The van der Waals surface area contributed by atoms with E-state index in [0.717, 1.165) is 17.3 Å². The normalized spacial score (nSPS) is 14.8. The van der Waals surface area contributed by atoms with Crippen LogP contribution in [0, 0.1) is 6.92 Å². The van der Waals surface area contributed by atoms with Crippen LogP contribution in [0.4, 0.5) is 0 Å². The third kappa shape index (κ3) is 8.12. The first-order valence-electron chi connectivity index (χ1n) is 9.07. The molecule has 0 radical (unpaired) electrons. The number of hydrogen-bond donors (Lipinski definition) is 0. The number of hydrazone groups is 1. The summed E-state index contributed by atoms with van der Waals surface area (Å²) in [6, 6.07) is 3.97.